The van der Waals surface area contributed by atoms with Crippen LogP contribution >= 0.6 is 0 Å². The van der Waals surface area contributed by atoms with Crippen LogP contribution in [0.3, 0.4) is 0 Å². The molecule has 0 heterocycles. The molecule has 1 N–H and O–H groups in total. The molecule has 2 aromatic carbocycles. The first-order valence-electron chi connectivity index (χ1n) is 8.33. The van der Waals surface area contributed by atoms with E-state index in [0.29, 0.717) is 22.9 Å². The monoisotopic (exact) mass is 372 g/mol. The summed E-state index contributed by atoms with van der Waals surface area (Å²) in [5.74, 6) is -1.24. The van der Waals surface area contributed by atoms with Crippen molar-refractivity contribution in [2.45, 2.75) is 12.8 Å². The molecule has 0 aromatic heterocycles. The molecule has 0 fully saturated rings. The van der Waals surface area contributed by atoms with E-state index in [1.54, 1.807) is 42.5 Å². The molecule has 0 spiro atoms. The second-order valence-electron chi connectivity index (χ2n) is 5.82. The maximum absolute atomic E-state index is 12.8. The highest BCUT2D eigenvalue weighted by molar-refractivity contribution is 5.97. The number of carboxylic acids is 1. The van der Waals surface area contributed by atoms with E-state index in [2.05, 4.69) is 5.32 Å². The highest BCUT2D eigenvalue weighted by Crippen LogP contribution is 2.35. The van der Waals surface area contributed by atoms with Crippen LogP contribution in [0.4, 0.5) is 5.69 Å². The number of rotatable bonds is 9. The second kappa shape index (κ2) is 9.47. The molecule has 2 rings (SSSR count). The van der Waals surface area contributed by atoms with Gasteiger partial charge in [-0.25, -0.2) is 0 Å². The number of carbonyl (C=O) groups is 2. The summed E-state index contributed by atoms with van der Waals surface area (Å²) in [6, 6.07) is 12.2. The summed E-state index contributed by atoms with van der Waals surface area (Å²) in [6.07, 6.45) is -0.247. The van der Waals surface area contributed by atoms with Crippen molar-refractivity contribution in [2.24, 2.45) is 5.92 Å². The van der Waals surface area contributed by atoms with Crippen molar-refractivity contribution >= 4 is 17.6 Å². The SMILES string of the molecule is COc1ccccc1C[C@@H](CC(=O)[O-])C(=O)Nc1c(OC)cccc1OC. The Morgan fingerprint density at radius 3 is 2.04 bits per heavy atom. The zero-order valence-electron chi connectivity index (χ0n) is 15.5. The van der Waals surface area contributed by atoms with E-state index < -0.39 is 24.2 Å². The van der Waals surface area contributed by atoms with Gasteiger partial charge in [0.05, 0.1) is 21.3 Å². The summed E-state index contributed by atoms with van der Waals surface area (Å²) in [7, 11) is 4.46. The topological polar surface area (TPSA) is 96.9 Å². The molecule has 0 aliphatic carbocycles. The zero-order valence-corrected chi connectivity index (χ0v) is 15.5. The normalized spacial score (nSPS) is 11.4. The Kier molecular flexibility index (Phi) is 7.05. The van der Waals surface area contributed by atoms with Crippen molar-refractivity contribution < 1.29 is 28.9 Å². The number of methoxy groups -OCH3 is 3. The number of hydrogen-bond acceptors (Lipinski definition) is 6. The van der Waals surface area contributed by atoms with Gasteiger partial charge in [-0.05, 0) is 36.6 Å². The Bertz CT molecular complexity index is 783. The molecule has 2 aromatic rings. The largest absolute Gasteiger partial charge is 0.550 e. The van der Waals surface area contributed by atoms with Gasteiger partial charge in [-0.15, -0.1) is 0 Å². The molecular weight excluding hydrogens is 350 g/mol. The summed E-state index contributed by atoms with van der Waals surface area (Å²) < 4.78 is 15.8. The number of para-hydroxylation sites is 2. The highest BCUT2D eigenvalue weighted by atomic mass is 16.5. The van der Waals surface area contributed by atoms with Gasteiger partial charge in [0.2, 0.25) is 5.91 Å². The first-order valence-corrected chi connectivity index (χ1v) is 8.33. The maximum Gasteiger partial charge on any atom is 0.228 e. The highest BCUT2D eigenvalue weighted by Gasteiger charge is 2.23. The quantitative estimate of drug-likeness (QED) is 0.719. The number of carbonyl (C=O) groups excluding carboxylic acids is 2. The van der Waals surface area contributed by atoms with Crippen LogP contribution in [0.5, 0.6) is 17.2 Å². The lowest BCUT2D eigenvalue weighted by atomic mass is 9.94. The van der Waals surface area contributed by atoms with Crippen LogP contribution in [0, 0.1) is 5.92 Å². The number of anilines is 1. The standard InChI is InChI=1S/C20H23NO6/c1-25-15-8-5-4-7-13(15)11-14(12-18(22)23)20(24)21-19-16(26-2)9-6-10-17(19)27-3/h4-10,14H,11-12H2,1-3H3,(H,21,24)(H,22,23)/p-1/t14-/m0/s1. The average molecular weight is 372 g/mol. The maximum atomic E-state index is 12.8. The minimum absolute atomic E-state index is 0.182. The van der Waals surface area contributed by atoms with Crippen LogP contribution in [0.2, 0.25) is 0 Å². The lowest BCUT2D eigenvalue weighted by Crippen LogP contribution is -2.33. The van der Waals surface area contributed by atoms with Gasteiger partial charge < -0.3 is 29.4 Å². The Labute approximate surface area is 157 Å². The van der Waals surface area contributed by atoms with E-state index in [4.69, 9.17) is 14.2 Å². The van der Waals surface area contributed by atoms with Crippen molar-refractivity contribution in [1.82, 2.24) is 0 Å². The van der Waals surface area contributed by atoms with Gasteiger partial charge in [-0.2, -0.15) is 0 Å². The summed E-state index contributed by atoms with van der Waals surface area (Å²) in [4.78, 5) is 24.0. The zero-order chi connectivity index (χ0) is 19.8. The molecule has 0 saturated heterocycles. The van der Waals surface area contributed by atoms with Crippen molar-refractivity contribution in [1.29, 1.82) is 0 Å². The number of carboxylic acid groups (broad SMARTS) is 1. The molecule has 0 aliphatic heterocycles. The van der Waals surface area contributed by atoms with Gasteiger partial charge in [0.1, 0.15) is 22.9 Å². The van der Waals surface area contributed by atoms with Gasteiger partial charge in [0.25, 0.3) is 0 Å². The molecule has 1 amide bonds. The van der Waals surface area contributed by atoms with Crippen molar-refractivity contribution in [3.05, 3.63) is 48.0 Å². The van der Waals surface area contributed by atoms with E-state index in [1.807, 2.05) is 0 Å². The molecule has 0 bridgehead atoms. The fourth-order valence-corrected chi connectivity index (χ4v) is 2.80. The third-order valence-electron chi connectivity index (χ3n) is 4.12. The molecule has 27 heavy (non-hydrogen) atoms. The van der Waals surface area contributed by atoms with Gasteiger partial charge in [0.15, 0.2) is 0 Å². The molecular formula is C20H22NO6-. The van der Waals surface area contributed by atoms with Gasteiger partial charge in [-0.3, -0.25) is 4.79 Å². The third kappa shape index (κ3) is 5.13. The fraction of sp³-hybridized carbons (Fsp3) is 0.300. The van der Waals surface area contributed by atoms with Gasteiger partial charge >= 0.3 is 0 Å². The average Bonchev–Trinajstić information content (AvgIpc) is 2.67. The molecule has 144 valence electrons. The van der Waals surface area contributed by atoms with Crippen LogP contribution in [-0.2, 0) is 16.0 Å². The van der Waals surface area contributed by atoms with Crippen LogP contribution < -0.4 is 24.6 Å². The molecule has 0 unspecified atom stereocenters. The van der Waals surface area contributed by atoms with Crippen molar-refractivity contribution in [3.63, 3.8) is 0 Å². The van der Waals surface area contributed by atoms with E-state index in [9.17, 15) is 14.7 Å². The van der Waals surface area contributed by atoms with Crippen LogP contribution in [0.1, 0.15) is 12.0 Å². The molecule has 0 radical (unpaired) electrons. The molecule has 0 aliphatic rings. The minimum Gasteiger partial charge on any atom is -0.550 e. The smallest absolute Gasteiger partial charge is 0.228 e. The number of ether oxygens (including phenoxy) is 3. The number of nitrogens with one attached hydrogen (secondary N) is 1. The van der Waals surface area contributed by atoms with Crippen LogP contribution in [0.15, 0.2) is 42.5 Å². The third-order valence-corrected chi connectivity index (χ3v) is 4.12. The van der Waals surface area contributed by atoms with Crippen molar-refractivity contribution in [2.75, 3.05) is 26.6 Å². The number of amides is 1. The Morgan fingerprint density at radius 1 is 0.926 bits per heavy atom. The van der Waals surface area contributed by atoms with Gasteiger partial charge in [0, 0.05) is 11.9 Å². The first kappa shape index (κ1) is 20.1. The number of benzene rings is 2. The molecule has 7 heteroatoms. The van der Waals surface area contributed by atoms with E-state index in [-0.39, 0.29) is 6.42 Å². The Morgan fingerprint density at radius 2 is 1.48 bits per heavy atom. The summed E-state index contributed by atoms with van der Waals surface area (Å²) >= 11 is 0. The lowest BCUT2D eigenvalue weighted by molar-refractivity contribution is -0.306. The van der Waals surface area contributed by atoms with Crippen LogP contribution in [0.25, 0.3) is 0 Å². The number of aliphatic carboxylic acids is 1. The molecule has 1 atom stereocenters. The summed E-state index contributed by atoms with van der Waals surface area (Å²) in [5, 5.41) is 13.9. The number of hydrogen-bond donors (Lipinski definition) is 1. The second-order valence-corrected chi connectivity index (χ2v) is 5.82. The predicted octanol–water partition coefficient (Wildman–Crippen LogP) is 1.65. The van der Waals surface area contributed by atoms with Crippen LogP contribution in [-0.4, -0.2) is 33.2 Å². The summed E-state index contributed by atoms with van der Waals surface area (Å²) in [6.45, 7) is 0. The van der Waals surface area contributed by atoms with Gasteiger partial charge in [-0.1, -0.05) is 24.3 Å². The van der Waals surface area contributed by atoms with Crippen molar-refractivity contribution in [3.8, 4) is 17.2 Å². The van der Waals surface area contributed by atoms with E-state index in [1.165, 1.54) is 21.3 Å². The van der Waals surface area contributed by atoms with E-state index >= 15 is 0 Å². The lowest BCUT2D eigenvalue weighted by Gasteiger charge is -2.20. The Hall–Kier alpha value is -3.22. The molecule has 7 nitrogen and oxygen atoms in total. The minimum atomic E-state index is -1.31. The summed E-state index contributed by atoms with van der Waals surface area (Å²) in [5.41, 5.74) is 1.07. The molecule has 0 saturated carbocycles. The fourth-order valence-electron chi connectivity index (χ4n) is 2.80. The predicted molar refractivity (Wildman–Crippen MR) is 98.0 cm³/mol. The van der Waals surface area contributed by atoms with E-state index in [0.717, 1.165) is 5.56 Å². The Balaban J connectivity index is 2.29. The first-order chi connectivity index (χ1) is 13.0.